The molecule has 1 unspecified atom stereocenters. The van der Waals surface area contributed by atoms with E-state index in [1.165, 1.54) is 0 Å². The number of hydrogen-bond acceptors (Lipinski definition) is 2. The van der Waals surface area contributed by atoms with Crippen LogP contribution in [0, 0.1) is 5.92 Å². The fourth-order valence-electron chi connectivity index (χ4n) is 1.87. The molecule has 0 aliphatic rings. The van der Waals surface area contributed by atoms with E-state index in [0.29, 0.717) is 5.92 Å². The molecule has 0 bridgehead atoms. The SMILES string of the molecule is CC(CCBr)CCn1ccc2sccc2c1=O. The number of thiophene rings is 1. The minimum atomic E-state index is 0.148. The zero-order chi connectivity index (χ0) is 12.3. The molecule has 0 aliphatic heterocycles. The lowest BCUT2D eigenvalue weighted by molar-refractivity contribution is 0.467. The summed E-state index contributed by atoms with van der Waals surface area (Å²) in [5, 5.41) is 3.86. The molecule has 0 aliphatic carbocycles. The number of pyridine rings is 1. The first-order valence-electron chi connectivity index (χ1n) is 5.85. The van der Waals surface area contributed by atoms with E-state index in [4.69, 9.17) is 0 Å². The van der Waals surface area contributed by atoms with Gasteiger partial charge in [0.2, 0.25) is 0 Å². The molecular weight excluding hydrogens is 298 g/mol. The van der Waals surface area contributed by atoms with Gasteiger partial charge in [0.1, 0.15) is 0 Å². The van der Waals surface area contributed by atoms with Gasteiger partial charge in [-0.25, -0.2) is 0 Å². The minimum absolute atomic E-state index is 0.148. The van der Waals surface area contributed by atoms with E-state index >= 15 is 0 Å². The first-order chi connectivity index (χ1) is 8.22. The van der Waals surface area contributed by atoms with Crippen molar-refractivity contribution in [2.45, 2.75) is 26.3 Å². The Bertz CT molecular complexity index is 546. The molecule has 2 heterocycles. The van der Waals surface area contributed by atoms with Crippen molar-refractivity contribution in [1.82, 2.24) is 4.57 Å². The summed E-state index contributed by atoms with van der Waals surface area (Å²) in [5.74, 6) is 0.652. The van der Waals surface area contributed by atoms with Crippen LogP contribution in [0.1, 0.15) is 19.8 Å². The molecule has 0 fully saturated rings. The van der Waals surface area contributed by atoms with E-state index in [0.717, 1.165) is 34.8 Å². The van der Waals surface area contributed by atoms with E-state index < -0.39 is 0 Å². The van der Waals surface area contributed by atoms with Crippen molar-refractivity contribution in [3.05, 3.63) is 34.1 Å². The Morgan fingerprint density at radius 3 is 3.00 bits per heavy atom. The molecule has 2 rings (SSSR count). The number of halogens is 1. The maximum atomic E-state index is 12.1. The second-order valence-electron chi connectivity index (χ2n) is 4.38. The lowest BCUT2D eigenvalue weighted by atomic mass is 10.1. The number of hydrogen-bond donors (Lipinski definition) is 0. The van der Waals surface area contributed by atoms with Gasteiger partial charge in [-0.3, -0.25) is 4.79 Å². The summed E-state index contributed by atoms with van der Waals surface area (Å²) >= 11 is 5.07. The van der Waals surface area contributed by atoms with E-state index in [1.807, 2.05) is 28.3 Å². The van der Waals surface area contributed by atoms with E-state index in [2.05, 4.69) is 22.9 Å². The second kappa shape index (κ2) is 5.83. The van der Waals surface area contributed by atoms with Crippen LogP contribution in [0.5, 0.6) is 0 Å². The fraction of sp³-hybridized carbons (Fsp3) is 0.462. The van der Waals surface area contributed by atoms with Crippen LogP contribution in [0.2, 0.25) is 0 Å². The van der Waals surface area contributed by atoms with Crippen LogP contribution in [0.25, 0.3) is 10.1 Å². The maximum absolute atomic E-state index is 12.1. The highest BCUT2D eigenvalue weighted by Gasteiger charge is 2.05. The average Bonchev–Trinajstić information content (AvgIpc) is 2.77. The van der Waals surface area contributed by atoms with Crippen molar-refractivity contribution in [2.24, 2.45) is 5.92 Å². The van der Waals surface area contributed by atoms with Crippen molar-refractivity contribution in [3.8, 4) is 0 Å². The first-order valence-corrected chi connectivity index (χ1v) is 7.85. The molecule has 1 atom stereocenters. The van der Waals surface area contributed by atoms with Gasteiger partial charge < -0.3 is 4.57 Å². The highest BCUT2D eigenvalue weighted by atomic mass is 79.9. The highest BCUT2D eigenvalue weighted by molar-refractivity contribution is 9.09. The van der Waals surface area contributed by atoms with Crippen LogP contribution in [0.3, 0.4) is 0 Å². The quantitative estimate of drug-likeness (QED) is 0.768. The summed E-state index contributed by atoms with van der Waals surface area (Å²) in [4.78, 5) is 12.1. The van der Waals surface area contributed by atoms with Crippen LogP contribution >= 0.6 is 27.3 Å². The zero-order valence-corrected chi connectivity index (χ0v) is 12.3. The fourth-order valence-corrected chi connectivity index (χ4v) is 3.43. The summed E-state index contributed by atoms with van der Waals surface area (Å²) in [5.41, 5.74) is 0.148. The van der Waals surface area contributed by atoms with Crippen molar-refractivity contribution in [2.75, 3.05) is 5.33 Å². The Balaban J connectivity index is 2.13. The Labute approximate surface area is 113 Å². The molecule has 0 N–H and O–H groups in total. The van der Waals surface area contributed by atoms with E-state index in [9.17, 15) is 4.79 Å². The predicted molar refractivity (Wildman–Crippen MR) is 78.3 cm³/mol. The van der Waals surface area contributed by atoms with Crippen molar-refractivity contribution >= 4 is 37.4 Å². The topological polar surface area (TPSA) is 22.0 Å². The second-order valence-corrected chi connectivity index (χ2v) is 6.13. The van der Waals surface area contributed by atoms with Gasteiger partial charge in [0.05, 0.1) is 5.39 Å². The Kier molecular flexibility index (Phi) is 4.40. The third-order valence-corrected chi connectivity index (χ3v) is 4.40. The Hall–Kier alpha value is -0.610. The van der Waals surface area contributed by atoms with Crippen molar-refractivity contribution < 1.29 is 0 Å². The Morgan fingerprint density at radius 2 is 2.24 bits per heavy atom. The van der Waals surface area contributed by atoms with Gasteiger partial charge in [-0.1, -0.05) is 22.9 Å². The van der Waals surface area contributed by atoms with E-state index in [-0.39, 0.29) is 5.56 Å². The third-order valence-electron chi connectivity index (χ3n) is 3.06. The molecule has 17 heavy (non-hydrogen) atoms. The standard InChI is InChI=1S/C13H16BrNOS/c1-10(2-6-14)3-7-15-8-4-12-11(13(15)16)5-9-17-12/h4-5,8-10H,2-3,6-7H2,1H3. The largest absolute Gasteiger partial charge is 0.315 e. The van der Waals surface area contributed by atoms with Crippen LogP contribution < -0.4 is 5.56 Å². The number of fused-ring (bicyclic) bond motifs is 1. The summed E-state index contributed by atoms with van der Waals surface area (Å²) < 4.78 is 2.92. The minimum Gasteiger partial charge on any atom is -0.315 e. The van der Waals surface area contributed by atoms with Crippen molar-refractivity contribution in [1.29, 1.82) is 0 Å². The predicted octanol–water partition coefficient (Wildman–Crippen LogP) is 3.87. The van der Waals surface area contributed by atoms with Gasteiger partial charge in [0, 0.05) is 22.8 Å². The number of aromatic nitrogens is 1. The number of rotatable bonds is 5. The van der Waals surface area contributed by atoms with Gasteiger partial charge >= 0.3 is 0 Å². The first kappa shape index (κ1) is 12.8. The van der Waals surface area contributed by atoms with Crippen LogP contribution in [-0.4, -0.2) is 9.90 Å². The molecule has 0 amide bonds. The van der Waals surface area contributed by atoms with Crippen LogP contribution in [0.4, 0.5) is 0 Å². The van der Waals surface area contributed by atoms with E-state index in [1.54, 1.807) is 11.3 Å². The number of alkyl halides is 1. The van der Waals surface area contributed by atoms with Gasteiger partial charge in [-0.2, -0.15) is 0 Å². The smallest absolute Gasteiger partial charge is 0.259 e. The van der Waals surface area contributed by atoms with Crippen molar-refractivity contribution in [3.63, 3.8) is 0 Å². The molecule has 0 saturated heterocycles. The summed E-state index contributed by atoms with van der Waals surface area (Å²) in [6.07, 6.45) is 4.14. The van der Waals surface area contributed by atoms with Gasteiger partial charge in [-0.05, 0) is 36.3 Å². The van der Waals surface area contributed by atoms with Crippen LogP contribution in [0.15, 0.2) is 28.5 Å². The molecule has 0 saturated carbocycles. The molecule has 0 radical (unpaired) electrons. The maximum Gasteiger partial charge on any atom is 0.259 e. The van der Waals surface area contributed by atoms with Gasteiger partial charge in [-0.15, -0.1) is 11.3 Å². The third kappa shape index (κ3) is 2.99. The lowest BCUT2D eigenvalue weighted by Crippen LogP contribution is -2.20. The molecule has 2 aromatic rings. The molecule has 0 aromatic carbocycles. The number of aryl methyl sites for hydroxylation is 1. The molecular formula is C13H16BrNOS. The molecule has 4 heteroatoms. The highest BCUT2D eigenvalue weighted by Crippen LogP contribution is 2.17. The lowest BCUT2D eigenvalue weighted by Gasteiger charge is -2.11. The molecule has 0 spiro atoms. The number of nitrogens with zero attached hydrogens (tertiary/aromatic N) is 1. The summed E-state index contributed by atoms with van der Waals surface area (Å²) in [7, 11) is 0. The normalized spacial score (nSPS) is 13.1. The molecule has 2 nitrogen and oxygen atoms in total. The molecule has 2 aromatic heterocycles. The molecule has 92 valence electrons. The van der Waals surface area contributed by atoms with Crippen LogP contribution in [-0.2, 0) is 6.54 Å². The summed E-state index contributed by atoms with van der Waals surface area (Å²) in [6, 6.07) is 3.96. The van der Waals surface area contributed by atoms with Gasteiger partial charge in [0.15, 0.2) is 0 Å². The zero-order valence-electron chi connectivity index (χ0n) is 9.86. The van der Waals surface area contributed by atoms with Gasteiger partial charge in [0.25, 0.3) is 5.56 Å². The average molecular weight is 314 g/mol. The Morgan fingerprint density at radius 1 is 1.41 bits per heavy atom. The monoisotopic (exact) mass is 313 g/mol. The summed E-state index contributed by atoms with van der Waals surface area (Å²) in [6.45, 7) is 3.05.